The number of hydrogen-bond acceptors (Lipinski definition) is 2. The van der Waals surface area contributed by atoms with E-state index in [0.29, 0.717) is 12.1 Å². The van der Waals surface area contributed by atoms with E-state index < -0.39 is 0 Å². The summed E-state index contributed by atoms with van der Waals surface area (Å²) in [5.41, 5.74) is 9.42. The average molecular weight is 203 g/mol. The Bertz CT molecular complexity index is 401. The minimum absolute atomic E-state index is 0.0590. The number of ketones is 1. The van der Waals surface area contributed by atoms with Crippen LogP contribution in [0.3, 0.4) is 0 Å². The highest BCUT2D eigenvalue weighted by atomic mass is 16.1. The smallest absolute Gasteiger partial charge is 0.161 e. The predicted octanol–water partition coefficient (Wildman–Crippen LogP) is 2.28. The molecule has 0 atom stereocenters. The van der Waals surface area contributed by atoms with Crippen molar-refractivity contribution < 1.29 is 4.79 Å². The molecule has 1 rings (SSSR count). The number of hydrogen-bond donors (Lipinski definition) is 1. The summed E-state index contributed by atoms with van der Waals surface area (Å²) in [5.74, 6) is 0.0590. The summed E-state index contributed by atoms with van der Waals surface area (Å²) in [6.07, 6.45) is 1.92. The maximum atomic E-state index is 11.5. The van der Waals surface area contributed by atoms with Gasteiger partial charge in [0.1, 0.15) is 0 Å². The molecule has 2 N–H and O–H groups in total. The summed E-state index contributed by atoms with van der Waals surface area (Å²) < 4.78 is 0. The molecule has 0 saturated carbocycles. The van der Waals surface area contributed by atoms with Gasteiger partial charge in [0, 0.05) is 12.1 Å². The molecule has 0 amide bonds. The van der Waals surface area contributed by atoms with Crippen LogP contribution in [0.4, 0.5) is 0 Å². The lowest BCUT2D eigenvalue weighted by Crippen LogP contribution is -2.04. The minimum Gasteiger partial charge on any atom is -0.402 e. The summed E-state index contributed by atoms with van der Waals surface area (Å²) >= 11 is 0. The van der Waals surface area contributed by atoms with Crippen LogP contribution < -0.4 is 5.73 Å². The lowest BCUT2D eigenvalue weighted by atomic mass is 10.0. The lowest BCUT2D eigenvalue weighted by molar-refractivity contribution is -0.114. The lowest BCUT2D eigenvalue weighted by Gasteiger charge is -2.04. The molecule has 2 nitrogen and oxygen atoms in total. The van der Waals surface area contributed by atoms with Gasteiger partial charge in [0.25, 0.3) is 0 Å². The van der Waals surface area contributed by atoms with E-state index >= 15 is 0 Å². The largest absolute Gasteiger partial charge is 0.402 e. The van der Waals surface area contributed by atoms with Crippen LogP contribution in [0.1, 0.15) is 23.6 Å². The second kappa shape index (κ2) is 4.78. The van der Waals surface area contributed by atoms with Crippen molar-refractivity contribution in [1.82, 2.24) is 0 Å². The van der Waals surface area contributed by atoms with Gasteiger partial charge in [-0.05, 0) is 38.0 Å². The molecule has 0 unspecified atom stereocenters. The predicted molar refractivity (Wildman–Crippen MR) is 62.6 cm³/mol. The summed E-state index contributed by atoms with van der Waals surface area (Å²) in [6, 6.07) is 6.14. The molecule has 15 heavy (non-hydrogen) atoms. The second-order valence-corrected chi connectivity index (χ2v) is 3.96. The maximum absolute atomic E-state index is 11.5. The molecule has 0 aliphatic carbocycles. The third kappa shape index (κ3) is 3.58. The number of benzene rings is 1. The second-order valence-electron chi connectivity index (χ2n) is 3.96. The van der Waals surface area contributed by atoms with Crippen LogP contribution in [0.2, 0.25) is 0 Å². The summed E-state index contributed by atoms with van der Waals surface area (Å²) in [7, 11) is 0. The summed E-state index contributed by atoms with van der Waals surface area (Å²) in [5, 5.41) is 0. The average Bonchev–Trinajstić information content (AvgIpc) is 2.10. The van der Waals surface area contributed by atoms with Gasteiger partial charge in [0.05, 0.1) is 0 Å². The van der Waals surface area contributed by atoms with Crippen molar-refractivity contribution in [3.05, 3.63) is 46.7 Å². The molecule has 0 bridgehead atoms. The van der Waals surface area contributed by atoms with Gasteiger partial charge in [-0.25, -0.2) is 0 Å². The Labute approximate surface area is 90.8 Å². The first-order valence-electron chi connectivity index (χ1n) is 5.02. The number of rotatable bonds is 3. The van der Waals surface area contributed by atoms with E-state index in [0.717, 1.165) is 11.1 Å². The van der Waals surface area contributed by atoms with Crippen LogP contribution in [0.5, 0.6) is 0 Å². The molecule has 0 radical (unpaired) electrons. The Balaban J connectivity index is 2.85. The van der Waals surface area contributed by atoms with Crippen LogP contribution >= 0.6 is 0 Å². The highest BCUT2D eigenvalue weighted by Crippen LogP contribution is 2.11. The molecule has 1 aromatic carbocycles. The number of allylic oxidation sites excluding steroid dienone is 2. The van der Waals surface area contributed by atoms with Crippen molar-refractivity contribution in [2.75, 3.05) is 0 Å². The molecule has 1 aromatic rings. The highest BCUT2D eigenvalue weighted by Gasteiger charge is 2.03. The molecule has 0 heterocycles. The molecule has 0 aromatic heterocycles. The molecular weight excluding hydrogens is 186 g/mol. The molecule has 0 saturated heterocycles. The SMILES string of the molecule is C/C(N)=C/C(=O)Cc1cc(C)ccc1C. The van der Waals surface area contributed by atoms with Gasteiger partial charge >= 0.3 is 0 Å². The van der Waals surface area contributed by atoms with Crippen molar-refractivity contribution in [1.29, 1.82) is 0 Å². The molecule has 0 spiro atoms. The number of carbonyl (C=O) groups excluding carboxylic acids is 1. The molecule has 0 aliphatic rings. The summed E-state index contributed by atoms with van der Waals surface area (Å²) in [4.78, 5) is 11.5. The topological polar surface area (TPSA) is 43.1 Å². The molecular formula is C13H17NO. The van der Waals surface area contributed by atoms with Gasteiger partial charge < -0.3 is 5.73 Å². The molecule has 0 aliphatic heterocycles. The standard InChI is InChI=1S/C13H17NO/c1-9-4-5-10(2)12(6-9)8-13(15)7-11(3)14/h4-7H,8,14H2,1-3H3/b11-7-. The Morgan fingerprint density at radius 2 is 2.07 bits per heavy atom. The number of carbonyl (C=O) groups is 1. The monoisotopic (exact) mass is 203 g/mol. The van der Waals surface area contributed by atoms with Crippen molar-refractivity contribution >= 4 is 5.78 Å². The minimum atomic E-state index is 0.0590. The van der Waals surface area contributed by atoms with Crippen LogP contribution in [-0.4, -0.2) is 5.78 Å². The van der Waals surface area contributed by atoms with Gasteiger partial charge in [0.2, 0.25) is 0 Å². The van der Waals surface area contributed by atoms with E-state index in [-0.39, 0.29) is 5.78 Å². The van der Waals surface area contributed by atoms with Crippen molar-refractivity contribution in [3.8, 4) is 0 Å². The van der Waals surface area contributed by atoms with E-state index in [2.05, 4.69) is 0 Å². The van der Waals surface area contributed by atoms with E-state index in [4.69, 9.17) is 5.73 Å². The van der Waals surface area contributed by atoms with E-state index in [1.54, 1.807) is 6.92 Å². The van der Waals surface area contributed by atoms with Crippen molar-refractivity contribution in [3.63, 3.8) is 0 Å². The summed E-state index contributed by atoms with van der Waals surface area (Å²) in [6.45, 7) is 5.76. The van der Waals surface area contributed by atoms with Gasteiger partial charge in [-0.3, -0.25) is 4.79 Å². The van der Waals surface area contributed by atoms with Gasteiger partial charge in [-0.2, -0.15) is 0 Å². The number of aryl methyl sites for hydroxylation is 2. The fourth-order valence-electron chi connectivity index (χ4n) is 1.48. The van der Waals surface area contributed by atoms with Crippen molar-refractivity contribution in [2.24, 2.45) is 5.73 Å². The molecule has 2 heteroatoms. The first-order chi connectivity index (χ1) is 6.99. The van der Waals surface area contributed by atoms with Crippen LogP contribution in [0, 0.1) is 13.8 Å². The van der Waals surface area contributed by atoms with E-state index in [1.807, 2.05) is 32.0 Å². The Hall–Kier alpha value is -1.57. The maximum Gasteiger partial charge on any atom is 0.161 e. The molecule has 80 valence electrons. The highest BCUT2D eigenvalue weighted by molar-refractivity contribution is 5.92. The Kier molecular flexibility index (Phi) is 3.67. The molecule has 0 fully saturated rings. The van der Waals surface area contributed by atoms with Gasteiger partial charge in [-0.1, -0.05) is 23.8 Å². The zero-order valence-electron chi connectivity index (χ0n) is 9.50. The first kappa shape index (κ1) is 11.5. The third-order valence-electron chi connectivity index (χ3n) is 2.26. The van der Waals surface area contributed by atoms with Crippen LogP contribution in [-0.2, 0) is 11.2 Å². The normalized spacial score (nSPS) is 11.5. The first-order valence-corrected chi connectivity index (χ1v) is 5.02. The Morgan fingerprint density at radius 1 is 1.40 bits per heavy atom. The third-order valence-corrected chi connectivity index (χ3v) is 2.26. The zero-order chi connectivity index (χ0) is 11.4. The van der Waals surface area contributed by atoms with E-state index in [1.165, 1.54) is 11.6 Å². The zero-order valence-corrected chi connectivity index (χ0v) is 9.50. The van der Waals surface area contributed by atoms with Crippen LogP contribution in [0.15, 0.2) is 30.0 Å². The fraction of sp³-hybridized carbons (Fsp3) is 0.308. The van der Waals surface area contributed by atoms with Crippen LogP contribution in [0.25, 0.3) is 0 Å². The number of nitrogens with two attached hydrogens (primary N) is 1. The Morgan fingerprint density at radius 3 is 2.67 bits per heavy atom. The van der Waals surface area contributed by atoms with Gasteiger partial charge in [-0.15, -0.1) is 0 Å². The van der Waals surface area contributed by atoms with E-state index in [9.17, 15) is 4.79 Å². The fourth-order valence-corrected chi connectivity index (χ4v) is 1.48. The van der Waals surface area contributed by atoms with Gasteiger partial charge in [0.15, 0.2) is 5.78 Å². The van der Waals surface area contributed by atoms with Crippen molar-refractivity contribution in [2.45, 2.75) is 27.2 Å². The quantitative estimate of drug-likeness (QED) is 0.766.